The molecule has 1 N–H and O–H groups in total. The maximum absolute atomic E-state index is 13.1. The number of nitrogens with one attached hydrogen (secondary N) is 1. The monoisotopic (exact) mass is 523 g/mol. The summed E-state index contributed by atoms with van der Waals surface area (Å²) >= 11 is 12.4. The van der Waals surface area contributed by atoms with Crippen molar-refractivity contribution in [1.82, 2.24) is 14.5 Å². The van der Waals surface area contributed by atoms with Crippen molar-refractivity contribution in [2.24, 2.45) is 0 Å². The zero-order chi connectivity index (χ0) is 24.3. The summed E-state index contributed by atoms with van der Waals surface area (Å²) in [5.74, 6) is 0.313. The van der Waals surface area contributed by atoms with E-state index in [1.807, 2.05) is 0 Å². The highest BCUT2D eigenvalue weighted by atomic mass is 35.5. The van der Waals surface area contributed by atoms with Gasteiger partial charge in [0.2, 0.25) is 10.0 Å². The number of hydrogen-bond acceptors (Lipinski definition) is 6. The number of nitrogens with zero attached hydrogens (tertiary/aromatic N) is 2. The van der Waals surface area contributed by atoms with Gasteiger partial charge in [0.1, 0.15) is 18.0 Å². The van der Waals surface area contributed by atoms with Crippen LogP contribution in [0.3, 0.4) is 0 Å². The first-order chi connectivity index (χ1) is 16.3. The average molecular weight is 524 g/mol. The van der Waals surface area contributed by atoms with E-state index in [1.165, 1.54) is 18.2 Å². The Kier molecular flexibility index (Phi) is 7.47. The standard InChI is InChI=1S/C23H23Cl2N3O5S/c1-2-32-23(29)14-28-20-8-5-7-19(16(20)13-26-28)27-34(30,31)15-10-11-22(18(25)12-15)33-21-9-4-3-6-17(21)24/h3-4,6,9-13,19,27H,2,5,7-8,14H2,1H3/t19-/m1/s1. The third kappa shape index (κ3) is 5.38. The highest BCUT2D eigenvalue weighted by Gasteiger charge is 2.29. The number of hydrogen-bond donors (Lipinski definition) is 1. The first-order valence-corrected chi connectivity index (χ1v) is 13.0. The minimum Gasteiger partial charge on any atom is -0.465 e. The molecule has 180 valence electrons. The van der Waals surface area contributed by atoms with Crippen LogP contribution < -0.4 is 9.46 Å². The normalized spacial score (nSPS) is 15.6. The Bertz CT molecular complexity index is 1310. The lowest BCUT2D eigenvalue weighted by molar-refractivity contribution is -0.144. The van der Waals surface area contributed by atoms with E-state index in [-0.39, 0.29) is 34.8 Å². The van der Waals surface area contributed by atoms with Crippen LogP contribution in [0.4, 0.5) is 0 Å². The first-order valence-electron chi connectivity index (χ1n) is 10.7. The summed E-state index contributed by atoms with van der Waals surface area (Å²) in [6.07, 6.45) is 3.67. The molecule has 0 unspecified atom stereocenters. The van der Waals surface area contributed by atoms with Crippen LogP contribution in [0.25, 0.3) is 0 Å². The molecular weight excluding hydrogens is 501 g/mol. The zero-order valence-electron chi connectivity index (χ0n) is 18.3. The number of carbonyl (C=O) groups is 1. The van der Waals surface area contributed by atoms with Gasteiger partial charge in [-0.1, -0.05) is 35.3 Å². The minimum atomic E-state index is -3.89. The number of aromatic nitrogens is 2. The predicted molar refractivity (Wildman–Crippen MR) is 128 cm³/mol. The summed E-state index contributed by atoms with van der Waals surface area (Å²) in [5, 5.41) is 4.82. The van der Waals surface area contributed by atoms with Gasteiger partial charge in [0.25, 0.3) is 0 Å². The smallest absolute Gasteiger partial charge is 0.327 e. The fourth-order valence-corrected chi connectivity index (χ4v) is 5.57. The van der Waals surface area contributed by atoms with Gasteiger partial charge < -0.3 is 9.47 Å². The second-order valence-corrected chi connectivity index (χ2v) is 10.2. The van der Waals surface area contributed by atoms with Gasteiger partial charge in [0.15, 0.2) is 0 Å². The molecule has 3 aromatic rings. The number of ether oxygens (including phenoxy) is 2. The summed E-state index contributed by atoms with van der Waals surface area (Å²) < 4.78 is 41.3. The van der Waals surface area contributed by atoms with Crippen molar-refractivity contribution in [2.45, 2.75) is 43.7 Å². The number of fused-ring (bicyclic) bond motifs is 1. The molecular formula is C23H23Cl2N3O5S. The first kappa shape index (κ1) is 24.5. The largest absolute Gasteiger partial charge is 0.465 e. The lowest BCUT2D eigenvalue weighted by Gasteiger charge is -2.24. The molecule has 0 radical (unpaired) electrons. The second-order valence-electron chi connectivity index (χ2n) is 7.70. The predicted octanol–water partition coefficient (Wildman–Crippen LogP) is 4.90. The maximum Gasteiger partial charge on any atom is 0.327 e. The molecule has 8 nitrogen and oxygen atoms in total. The van der Waals surface area contributed by atoms with E-state index in [4.69, 9.17) is 32.7 Å². The molecule has 0 bridgehead atoms. The second kappa shape index (κ2) is 10.4. The number of sulfonamides is 1. The van der Waals surface area contributed by atoms with Crippen molar-refractivity contribution in [3.05, 3.63) is 70.0 Å². The fourth-order valence-electron chi connectivity index (χ4n) is 3.84. The van der Waals surface area contributed by atoms with Gasteiger partial charge in [-0.3, -0.25) is 9.48 Å². The molecule has 1 aromatic heterocycles. The number of halogens is 2. The van der Waals surface area contributed by atoms with Gasteiger partial charge in [0.05, 0.1) is 33.8 Å². The van der Waals surface area contributed by atoms with Gasteiger partial charge in [-0.05, 0) is 56.5 Å². The molecule has 11 heteroatoms. The number of benzene rings is 2. The van der Waals surface area contributed by atoms with Gasteiger partial charge in [-0.25, -0.2) is 13.1 Å². The van der Waals surface area contributed by atoms with E-state index < -0.39 is 16.1 Å². The molecule has 1 heterocycles. The molecule has 0 spiro atoms. The molecule has 34 heavy (non-hydrogen) atoms. The Morgan fingerprint density at radius 2 is 1.94 bits per heavy atom. The van der Waals surface area contributed by atoms with Crippen LogP contribution in [-0.4, -0.2) is 30.8 Å². The van der Waals surface area contributed by atoms with Crippen LogP contribution in [0.5, 0.6) is 11.5 Å². The van der Waals surface area contributed by atoms with Crippen LogP contribution in [0.1, 0.15) is 37.1 Å². The van der Waals surface area contributed by atoms with Gasteiger partial charge >= 0.3 is 5.97 Å². The van der Waals surface area contributed by atoms with E-state index in [0.29, 0.717) is 23.6 Å². The summed E-state index contributed by atoms with van der Waals surface area (Å²) in [7, 11) is -3.89. The SMILES string of the molecule is CCOC(=O)Cn1ncc2c1CCC[C@H]2NS(=O)(=O)c1ccc(Oc2ccccc2Cl)c(Cl)c1. The Hall–Kier alpha value is -2.59. The minimum absolute atomic E-state index is 0.00879. The Morgan fingerprint density at radius 3 is 2.68 bits per heavy atom. The molecule has 1 aliphatic carbocycles. The van der Waals surface area contributed by atoms with E-state index >= 15 is 0 Å². The molecule has 1 atom stereocenters. The summed E-state index contributed by atoms with van der Waals surface area (Å²) in [5.41, 5.74) is 1.58. The molecule has 0 saturated heterocycles. The van der Waals surface area contributed by atoms with Crippen molar-refractivity contribution in [3.8, 4) is 11.5 Å². The van der Waals surface area contributed by atoms with Gasteiger partial charge in [-0.15, -0.1) is 0 Å². The third-order valence-electron chi connectivity index (χ3n) is 5.41. The number of esters is 1. The van der Waals surface area contributed by atoms with Crippen LogP contribution in [0.2, 0.25) is 10.0 Å². The van der Waals surface area contributed by atoms with E-state index in [0.717, 1.165) is 17.7 Å². The quantitative estimate of drug-likeness (QED) is 0.421. The number of para-hydroxylation sites is 1. The summed E-state index contributed by atoms with van der Waals surface area (Å²) in [6, 6.07) is 10.7. The number of rotatable bonds is 8. The Balaban J connectivity index is 1.52. The van der Waals surface area contributed by atoms with Gasteiger partial charge in [-0.2, -0.15) is 5.10 Å². The van der Waals surface area contributed by atoms with E-state index in [2.05, 4.69) is 9.82 Å². The number of carbonyl (C=O) groups excluding carboxylic acids is 1. The summed E-state index contributed by atoms with van der Waals surface area (Å²) in [6.45, 7) is 2.02. The maximum atomic E-state index is 13.1. The van der Waals surface area contributed by atoms with Crippen molar-refractivity contribution >= 4 is 39.2 Å². The zero-order valence-corrected chi connectivity index (χ0v) is 20.7. The lowest BCUT2D eigenvalue weighted by Crippen LogP contribution is -2.31. The highest BCUT2D eigenvalue weighted by Crippen LogP contribution is 2.36. The van der Waals surface area contributed by atoms with Crippen molar-refractivity contribution in [2.75, 3.05) is 6.61 Å². The van der Waals surface area contributed by atoms with E-state index in [9.17, 15) is 13.2 Å². The van der Waals surface area contributed by atoms with Crippen molar-refractivity contribution in [1.29, 1.82) is 0 Å². The molecule has 4 rings (SSSR count). The average Bonchev–Trinajstić information content (AvgIpc) is 3.20. The molecule has 2 aromatic carbocycles. The Labute approximate surface area is 207 Å². The Morgan fingerprint density at radius 1 is 1.18 bits per heavy atom. The molecule has 1 aliphatic rings. The summed E-state index contributed by atoms with van der Waals surface area (Å²) in [4.78, 5) is 11.9. The topological polar surface area (TPSA) is 99.5 Å². The van der Waals surface area contributed by atoms with Crippen LogP contribution in [0.15, 0.2) is 53.6 Å². The third-order valence-corrected chi connectivity index (χ3v) is 7.49. The van der Waals surface area contributed by atoms with Crippen molar-refractivity contribution < 1.29 is 22.7 Å². The van der Waals surface area contributed by atoms with Crippen LogP contribution in [0, 0.1) is 0 Å². The van der Waals surface area contributed by atoms with Gasteiger partial charge in [0, 0.05) is 11.3 Å². The molecule has 0 saturated carbocycles. The fraction of sp³-hybridized carbons (Fsp3) is 0.304. The van der Waals surface area contributed by atoms with Crippen LogP contribution in [-0.2, 0) is 32.5 Å². The lowest BCUT2D eigenvalue weighted by atomic mass is 9.94. The van der Waals surface area contributed by atoms with Crippen molar-refractivity contribution in [3.63, 3.8) is 0 Å². The van der Waals surface area contributed by atoms with Crippen LogP contribution >= 0.6 is 23.2 Å². The highest BCUT2D eigenvalue weighted by molar-refractivity contribution is 7.89. The van der Waals surface area contributed by atoms with E-state index in [1.54, 1.807) is 42.1 Å². The molecule has 0 amide bonds. The molecule has 0 fully saturated rings. The molecule has 0 aliphatic heterocycles.